The average molecular weight is 241 g/mol. The van der Waals surface area contributed by atoms with Gasteiger partial charge in [-0.3, -0.25) is 9.59 Å². The highest BCUT2D eigenvalue weighted by Gasteiger charge is 2.24. The van der Waals surface area contributed by atoms with Gasteiger partial charge in [0.05, 0.1) is 5.56 Å². The molecule has 0 aliphatic heterocycles. The Kier molecular flexibility index (Phi) is 3.60. The van der Waals surface area contributed by atoms with E-state index in [2.05, 4.69) is 5.32 Å². The maximum Gasteiger partial charge on any atom is 0.292 e. The highest BCUT2D eigenvalue weighted by atomic mass is 19.1. The van der Waals surface area contributed by atoms with Crippen molar-refractivity contribution < 1.29 is 18.4 Å². The Morgan fingerprint density at radius 2 is 1.76 bits per heavy atom. The molecular weight excluding hydrogens is 228 g/mol. The SMILES string of the molecule is CC(C)(C)NC(=O)C(=O)c1cc(F)ccc1F. The van der Waals surface area contributed by atoms with E-state index in [9.17, 15) is 18.4 Å². The molecule has 92 valence electrons. The standard InChI is InChI=1S/C12H13F2NO2/c1-12(2,3)15-11(17)10(16)8-6-7(13)4-5-9(8)14/h4-6H,1-3H3,(H,15,17). The van der Waals surface area contributed by atoms with Crippen molar-refractivity contribution in [3.63, 3.8) is 0 Å². The second-order valence-corrected chi connectivity index (χ2v) is 4.66. The zero-order valence-corrected chi connectivity index (χ0v) is 9.80. The lowest BCUT2D eigenvalue weighted by atomic mass is 10.1. The summed E-state index contributed by atoms with van der Waals surface area (Å²) in [6.07, 6.45) is 0. The molecule has 0 unspecified atom stereocenters. The maximum atomic E-state index is 13.2. The zero-order valence-electron chi connectivity index (χ0n) is 9.80. The summed E-state index contributed by atoms with van der Waals surface area (Å²) in [5.41, 5.74) is -1.18. The van der Waals surface area contributed by atoms with Gasteiger partial charge in [-0.05, 0) is 39.0 Å². The minimum atomic E-state index is -1.09. The number of ketones is 1. The molecule has 1 N–H and O–H groups in total. The van der Waals surface area contributed by atoms with Crippen molar-refractivity contribution in [3.05, 3.63) is 35.4 Å². The summed E-state index contributed by atoms with van der Waals surface area (Å²) < 4.78 is 26.1. The third-order valence-electron chi connectivity index (χ3n) is 1.87. The first-order chi connectivity index (χ1) is 7.70. The van der Waals surface area contributed by atoms with Crippen LogP contribution in [-0.2, 0) is 4.79 Å². The van der Waals surface area contributed by atoms with Crippen LogP contribution in [0.2, 0.25) is 0 Å². The Hall–Kier alpha value is -1.78. The molecule has 0 atom stereocenters. The van der Waals surface area contributed by atoms with Gasteiger partial charge in [-0.25, -0.2) is 8.78 Å². The van der Waals surface area contributed by atoms with Crippen molar-refractivity contribution in [3.8, 4) is 0 Å². The lowest BCUT2D eigenvalue weighted by molar-refractivity contribution is -0.118. The van der Waals surface area contributed by atoms with Crippen molar-refractivity contribution in [1.29, 1.82) is 0 Å². The fraction of sp³-hybridized carbons (Fsp3) is 0.333. The highest BCUT2D eigenvalue weighted by Crippen LogP contribution is 2.11. The van der Waals surface area contributed by atoms with Crippen molar-refractivity contribution in [1.82, 2.24) is 5.32 Å². The molecule has 0 radical (unpaired) electrons. The van der Waals surface area contributed by atoms with Gasteiger partial charge in [0.15, 0.2) is 0 Å². The number of nitrogens with one attached hydrogen (secondary N) is 1. The molecule has 0 aliphatic rings. The van der Waals surface area contributed by atoms with E-state index >= 15 is 0 Å². The molecule has 5 heteroatoms. The minimum absolute atomic E-state index is 0.563. The predicted octanol–water partition coefficient (Wildman–Crippen LogP) is 2.06. The Balaban J connectivity index is 2.97. The molecule has 0 spiro atoms. The highest BCUT2D eigenvalue weighted by molar-refractivity contribution is 6.43. The Morgan fingerprint density at radius 1 is 1.18 bits per heavy atom. The van der Waals surface area contributed by atoms with Crippen LogP contribution in [0.15, 0.2) is 18.2 Å². The summed E-state index contributed by atoms with van der Waals surface area (Å²) >= 11 is 0. The summed E-state index contributed by atoms with van der Waals surface area (Å²) in [4.78, 5) is 23.0. The van der Waals surface area contributed by atoms with Gasteiger partial charge >= 0.3 is 0 Å². The van der Waals surface area contributed by atoms with E-state index in [1.54, 1.807) is 20.8 Å². The van der Waals surface area contributed by atoms with Crippen LogP contribution < -0.4 is 5.32 Å². The summed E-state index contributed by atoms with van der Waals surface area (Å²) in [5.74, 6) is -3.72. The quantitative estimate of drug-likeness (QED) is 0.636. The van der Waals surface area contributed by atoms with Gasteiger partial charge in [-0.15, -0.1) is 0 Å². The number of benzene rings is 1. The van der Waals surface area contributed by atoms with Gasteiger partial charge < -0.3 is 5.32 Å². The minimum Gasteiger partial charge on any atom is -0.345 e. The number of Topliss-reactive ketones (excluding diaryl/α,β-unsaturated/α-hetero) is 1. The molecule has 0 heterocycles. The van der Waals surface area contributed by atoms with Crippen molar-refractivity contribution in [2.24, 2.45) is 0 Å². The van der Waals surface area contributed by atoms with Crippen LogP contribution in [-0.4, -0.2) is 17.2 Å². The summed E-state index contributed by atoms with van der Waals surface area (Å²) in [7, 11) is 0. The van der Waals surface area contributed by atoms with E-state index in [0.717, 1.165) is 12.1 Å². The van der Waals surface area contributed by atoms with Gasteiger partial charge in [0, 0.05) is 5.54 Å². The third-order valence-corrected chi connectivity index (χ3v) is 1.87. The Bertz CT molecular complexity index is 464. The van der Waals surface area contributed by atoms with Crippen LogP contribution in [0.4, 0.5) is 8.78 Å². The molecule has 0 saturated carbocycles. The van der Waals surface area contributed by atoms with Crippen molar-refractivity contribution >= 4 is 11.7 Å². The molecule has 1 aromatic carbocycles. The number of rotatable bonds is 2. The number of hydrogen-bond acceptors (Lipinski definition) is 2. The molecule has 0 saturated heterocycles. The molecule has 0 aliphatic carbocycles. The predicted molar refractivity (Wildman–Crippen MR) is 58.6 cm³/mol. The molecule has 17 heavy (non-hydrogen) atoms. The van der Waals surface area contributed by atoms with E-state index in [0.29, 0.717) is 6.07 Å². The number of halogens is 2. The maximum absolute atomic E-state index is 13.2. The summed E-state index contributed by atoms with van der Waals surface area (Å²) in [5, 5.41) is 2.39. The van der Waals surface area contributed by atoms with Crippen molar-refractivity contribution in [2.75, 3.05) is 0 Å². The summed E-state index contributed by atoms with van der Waals surface area (Å²) in [6.45, 7) is 5.04. The second-order valence-electron chi connectivity index (χ2n) is 4.66. The van der Waals surface area contributed by atoms with Crippen LogP contribution >= 0.6 is 0 Å². The fourth-order valence-electron chi connectivity index (χ4n) is 1.19. The molecule has 1 rings (SSSR count). The van der Waals surface area contributed by atoms with E-state index in [4.69, 9.17) is 0 Å². The van der Waals surface area contributed by atoms with E-state index < -0.39 is 34.4 Å². The van der Waals surface area contributed by atoms with E-state index in [-0.39, 0.29) is 0 Å². The van der Waals surface area contributed by atoms with Crippen LogP contribution in [0, 0.1) is 11.6 Å². The van der Waals surface area contributed by atoms with Gasteiger partial charge in [-0.1, -0.05) is 0 Å². The van der Waals surface area contributed by atoms with Gasteiger partial charge in [0.2, 0.25) is 0 Å². The molecule has 0 bridgehead atoms. The molecular formula is C12H13F2NO2. The molecule has 0 fully saturated rings. The van der Waals surface area contributed by atoms with Gasteiger partial charge in [0.1, 0.15) is 11.6 Å². The number of carbonyl (C=O) groups excluding carboxylic acids is 2. The summed E-state index contributed by atoms with van der Waals surface area (Å²) in [6, 6.07) is 2.40. The fourth-order valence-corrected chi connectivity index (χ4v) is 1.19. The molecule has 0 aromatic heterocycles. The Morgan fingerprint density at radius 3 is 2.29 bits per heavy atom. The monoisotopic (exact) mass is 241 g/mol. The number of carbonyl (C=O) groups is 2. The Labute approximate surface area is 97.8 Å². The molecule has 3 nitrogen and oxygen atoms in total. The largest absolute Gasteiger partial charge is 0.345 e. The first-order valence-corrected chi connectivity index (χ1v) is 5.02. The van der Waals surface area contributed by atoms with E-state index in [1.807, 2.05) is 0 Å². The first-order valence-electron chi connectivity index (χ1n) is 5.02. The van der Waals surface area contributed by atoms with Crippen LogP contribution in [0.1, 0.15) is 31.1 Å². The first kappa shape index (κ1) is 13.3. The lowest BCUT2D eigenvalue weighted by Crippen LogP contribution is -2.44. The third kappa shape index (κ3) is 3.62. The molecule has 1 aromatic rings. The van der Waals surface area contributed by atoms with Crippen LogP contribution in [0.25, 0.3) is 0 Å². The topological polar surface area (TPSA) is 46.2 Å². The van der Waals surface area contributed by atoms with Gasteiger partial charge in [0.25, 0.3) is 11.7 Å². The zero-order chi connectivity index (χ0) is 13.2. The van der Waals surface area contributed by atoms with Crippen LogP contribution in [0.3, 0.4) is 0 Å². The second kappa shape index (κ2) is 4.61. The van der Waals surface area contributed by atoms with E-state index in [1.165, 1.54) is 0 Å². The molecule has 1 amide bonds. The number of amides is 1. The van der Waals surface area contributed by atoms with Gasteiger partial charge in [-0.2, -0.15) is 0 Å². The van der Waals surface area contributed by atoms with Crippen molar-refractivity contribution in [2.45, 2.75) is 26.3 Å². The van der Waals surface area contributed by atoms with Crippen LogP contribution in [0.5, 0.6) is 0 Å². The normalized spacial score (nSPS) is 11.1. The number of hydrogen-bond donors (Lipinski definition) is 1. The lowest BCUT2D eigenvalue weighted by Gasteiger charge is -2.19. The average Bonchev–Trinajstić information content (AvgIpc) is 2.18. The smallest absolute Gasteiger partial charge is 0.292 e.